The number of hydrogen-bond donors (Lipinski definition) is 2. The minimum atomic E-state index is -1.24. The van der Waals surface area contributed by atoms with Gasteiger partial charge in [0.2, 0.25) is 5.91 Å². The number of rotatable bonds is 5. The Morgan fingerprint density at radius 1 is 1.09 bits per heavy atom. The molecule has 7 nitrogen and oxygen atoms in total. The molecule has 32 heavy (non-hydrogen) atoms. The quantitative estimate of drug-likeness (QED) is 0.429. The number of fused-ring (bicyclic) bond motifs is 1. The van der Waals surface area contributed by atoms with Crippen molar-refractivity contribution in [3.8, 4) is 10.6 Å². The van der Waals surface area contributed by atoms with Crippen LogP contribution in [0.25, 0.3) is 21.3 Å². The van der Waals surface area contributed by atoms with Gasteiger partial charge in [0, 0.05) is 5.38 Å². The molecule has 9 heteroatoms. The smallest absolute Gasteiger partial charge is 0.319 e. The van der Waals surface area contributed by atoms with E-state index in [-0.39, 0.29) is 6.54 Å². The predicted octanol–water partition coefficient (Wildman–Crippen LogP) is 4.43. The summed E-state index contributed by atoms with van der Waals surface area (Å²) >= 11 is 2.85. The van der Waals surface area contributed by atoms with Gasteiger partial charge in [-0.3, -0.25) is 14.5 Å². The summed E-state index contributed by atoms with van der Waals surface area (Å²) in [5.74, 6) is -0.949. The van der Waals surface area contributed by atoms with E-state index in [4.69, 9.17) is 0 Å². The van der Waals surface area contributed by atoms with E-state index in [2.05, 4.69) is 15.6 Å². The van der Waals surface area contributed by atoms with Gasteiger partial charge in [0.25, 0.3) is 5.91 Å². The lowest BCUT2D eigenvalue weighted by Gasteiger charge is -2.22. The highest BCUT2D eigenvalue weighted by Crippen LogP contribution is 2.31. The third-order valence-corrected chi connectivity index (χ3v) is 7.08. The molecule has 0 spiro atoms. The van der Waals surface area contributed by atoms with Crippen LogP contribution in [0.3, 0.4) is 0 Å². The minimum absolute atomic E-state index is 0.387. The minimum Gasteiger partial charge on any atom is -0.319 e. The molecule has 0 bridgehead atoms. The van der Waals surface area contributed by atoms with Gasteiger partial charge < -0.3 is 10.6 Å². The highest BCUT2D eigenvalue weighted by molar-refractivity contribution is 7.16. The number of urea groups is 1. The second-order valence-electron chi connectivity index (χ2n) is 7.57. The first-order valence-corrected chi connectivity index (χ1v) is 11.6. The molecular weight excluding hydrogens is 444 g/mol. The number of anilines is 1. The normalized spacial score (nSPS) is 18.2. The molecule has 1 aliphatic heterocycles. The maximum Gasteiger partial charge on any atom is 0.325 e. The van der Waals surface area contributed by atoms with Crippen molar-refractivity contribution >= 4 is 56.4 Å². The van der Waals surface area contributed by atoms with Gasteiger partial charge in [-0.05, 0) is 40.8 Å². The lowest BCUT2D eigenvalue weighted by molar-refractivity contribution is -0.133. The lowest BCUT2D eigenvalue weighted by atomic mass is 9.90. The van der Waals surface area contributed by atoms with Crippen LogP contribution in [0.1, 0.15) is 12.5 Å². The summed E-state index contributed by atoms with van der Waals surface area (Å²) in [6.45, 7) is 1.27. The SMILES string of the molecule is CC1(c2ccc3ccccc3c2)NC(=O)N(CC(=O)Nc2nc(-c3cccs3)cs2)C1=O. The van der Waals surface area contributed by atoms with E-state index in [1.165, 1.54) is 11.3 Å². The number of nitrogens with zero attached hydrogens (tertiary/aromatic N) is 2. The summed E-state index contributed by atoms with van der Waals surface area (Å²) in [6, 6.07) is 16.7. The lowest BCUT2D eigenvalue weighted by Crippen LogP contribution is -2.42. The summed E-state index contributed by atoms with van der Waals surface area (Å²) in [4.78, 5) is 44.7. The van der Waals surface area contributed by atoms with Gasteiger partial charge in [0.05, 0.1) is 10.6 Å². The monoisotopic (exact) mass is 462 g/mol. The topological polar surface area (TPSA) is 91.4 Å². The fourth-order valence-corrected chi connectivity index (χ4v) is 5.20. The second-order valence-corrected chi connectivity index (χ2v) is 9.38. The maximum absolute atomic E-state index is 13.2. The maximum atomic E-state index is 13.2. The van der Waals surface area contributed by atoms with Gasteiger partial charge in [-0.1, -0.05) is 42.5 Å². The fraction of sp³-hybridized carbons (Fsp3) is 0.130. The van der Waals surface area contributed by atoms with E-state index >= 15 is 0 Å². The van der Waals surface area contributed by atoms with Crippen molar-refractivity contribution in [2.75, 3.05) is 11.9 Å². The van der Waals surface area contributed by atoms with E-state index in [1.807, 2.05) is 65.4 Å². The molecule has 1 saturated heterocycles. The average Bonchev–Trinajstić information content (AvgIpc) is 3.52. The zero-order valence-electron chi connectivity index (χ0n) is 17.0. The molecule has 2 N–H and O–H groups in total. The molecule has 4 amide bonds. The first-order valence-electron chi connectivity index (χ1n) is 9.87. The molecule has 3 heterocycles. The largest absolute Gasteiger partial charge is 0.325 e. The highest BCUT2D eigenvalue weighted by atomic mass is 32.1. The highest BCUT2D eigenvalue weighted by Gasteiger charge is 2.49. The molecule has 0 saturated carbocycles. The van der Waals surface area contributed by atoms with Crippen LogP contribution >= 0.6 is 22.7 Å². The summed E-state index contributed by atoms with van der Waals surface area (Å²) in [6.07, 6.45) is 0. The number of thiazole rings is 1. The van der Waals surface area contributed by atoms with Crippen LogP contribution in [0.4, 0.5) is 9.93 Å². The number of aromatic nitrogens is 1. The molecule has 1 atom stereocenters. The van der Waals surface area contributed by atoms with Gasteiger partial charge in [-0.25, -0.2) is 9.78 Å². The number of benzene rings is 2. The van der Waals surface area contributed by atoms with Crippen molar-refractivity contribution in [2.24, 2.45) is 0 Å². The third kappa shape index (κ3) is 3.55. The van der Waals surface area contributed by atoms with Crippen LogP contribution in [0.5, 0.6) is 0 Å². The molecule has 4 aromatic rings. The summed E-state index contributed by atoms with van der Waals surface area (Å²) in [5.41, 5.74) is 0.201. The van der Waals surface area contributed by atoms with Crippen molar-refractivity contribution in [3.63, 3.8) is 0 Å². The molecule has 1 aliphatic rings. The Labute approximate surface area is 191 Å². The van der Waals surface area contributed by atoms with Crippen LogP contribution in [0.15, 0.2) is 65.4 Å². The Bertz CT molecular complexity index is 1350. The molecule has 5 rings (SSSR count). The third-order valence-electron chi connectivity index (χ3n) is 5.43. The number of carbonyl (C=O) groups excluding carboxylic acids is 3. The number of hydrogen-bond acceptors (Lipinski definition) is 6. The predicted molar refractivity (Wildman–Crippen MR) is 126 cm³/mol. The Morgan fingerprint density at radius 2 is 1.91 bits per heavy atom. The zero-order valence-corrected chi connectivity index (χ0v) is 18.6. The molecule has 2 aromatic carbocycles. The molecule has 160 valence electrons. The van der Waals surface area contributed by atoms with Gasteiger partial charge in [-0.15, -0.1) is 22.7 Å². The summed E-state index contributed by atoms with van der Waals surface area (Å²) in [7, 11) is 0. The van der Waals surface area contributed by atoms with Crippen LogP contribution in [0.2, 0.25) is 0 Å². The average molecular weight is 463 g/mol. The van der Waals surface area contributed by atoms with Gasteiger partial charge in [0.1, 0.15) is 12.1 Å². The standard InChI is InChI=1S/C23H18N4O3S2/c1-23(16-9-8-14-5-2-3-6-15(14)11-16)20(29)27(22(30)26-23)12-19(28)25-21-24-17(13-32-21)18-7-4-10-31-18/h2-11,13H,12H2,1H3,(H,26,30)(H,24,25,28). The Hall–Kier alpha value is -3.56. The molecule has 1 unspecified atom stereocenters. The number of thiophene rings is 1. The summed E-state index contributed by atoms with van der Waals surface area (Å²) < 4.78 is 0. The number of imide groups is 1. The molecule has 0 radical (unpaired) electrons. The first kappa shape index (κ1) is 20.3. The van der Waals surface area contributed by atoms with Crippen LogP contribution in [-0.2, 0) is 15.1 Å². The number of nitrogens with one attached hydrogen (secondary N) is 2. The van der Waals surface area contributed by atoms with Gasteiger partial charge in [0.15, 0.2) is 5.13 Å². The van der Waals surface area contributed by atoms with Crippen molar-refractivity contribution in [1.82, 2.24) is 15.2 Å². The molecular formula is C23H18N4O3S2. The summed E-state index contributed by atoms with van der Waals surface area (Å²) in [5, 5.41) is 11.7. The van der Waals surface area contributed by atoms with Crippen molar-refractivity contribution in [1.29, 1.82) is 0 Å². The second kappa shape index (κ2) is 7.85. The fourth-order valence-electron chi connectivity index (χ4n) is 3.71. The Kier molecular flexibility index (Phi) is 4.99. The first-order chi connectivity index (χ1) is 15.4. The number of carbonyl (C=O) groups is 3. The zero-order chi connectivity index (χ0) is 22.3. The van der Waals surface area contributed by atoms with E-state index in [0.717, 1.165) is 26.2 Å². The Morgan fingerprint density at radius 3 is 2.69 bits per heavy atom. The van der Waals surface area contributed by atoms with Gasteiger partial charge in [-0.2, -0.15) is 0 Å². The van der Waals surface area contributed by atoms with E-state index < -0.39 is 23.4 Å². The van der Waals surface area contributed by atoms with E-state index in [0.29, 0.717) is 10.7 Å². The van der Waals surface area contributed by atoms with Crippen LogP contribution in [-0.4, -0.2) is 34.3 Å². The molecule has 2 aromatic heterocycles. The van der Waals surface area contributed by atoms with E-state index in [1.54, 1.807) is 18.3 Å². The molecule has 1 fully saturated rings. The van der Waals surface area contributed by atoms with Crippen molar-refractivity contribution in [3.05, 3.63) is 70.9 Å². The van der Waals surface area contributed by atoms with Crippen molar-refractivity contribution < 1.29 is 14.4 Å². The van der Waals surface area contributed by atoms with Crippen LogP contribution < -0.4 is 10.6 Å². The van der Waals surface area contributed by atoms with Crippen LogP contribution in [0, 0.1) is 0 Å². The van der Waals surface area contributed by atoms with Gasteiger partial charge >= 0.3 is 6.03 Å². The number of amides is 4. The van der Waals surface area contributed by atoms with Crippen molar-refractivity contribution in [2.45, 2.75) is 12.5 Å². The molecule has 0 aliphatic carbocycles. The Balaban J connectivity index is 1.31. The van der Waals surface area contributed by atoms with E-state index in [9.17, 15) is 14.4 Å².